The van der Waals surface area contributed by atoms with Crippen molar-refractivity contribution in [3.63, 3.8) is 0 Å². The van der Waals surface area contributed by atoms with Crippen LogP contribution < -0.4 is 4.90 Å². The van der Waals surface area contributed by atoms with Gasteiger partial charge in [0.1, 0.15) is 5.82 Å². The van der Waals surface area contributed by atoms with Gasteiger partial charge in [-0.3, -0.25) is 9.48 Å². The summed E-state index contributed by atoms with van der Waals surface area (Å²) in [6, 6.07) is 5.65. The molecule has 0 aromatic carbocycles. The van der Waals surface area contributed by atoms with Crippen LogP contribution in [0.1, 0.15) is 23.5 Å². The number of piperazine rings is 1. The van der Waals surface area contributed by atoms with E-state index >= 15 is 0 Å². The summed E-state index contributed by atoms with van der Waals surface area (Å²) in [5.41, 5.74) is 1.78. The highest BCUT2D eigenvalue weighted by atomic mass is 16.2. The Morgan fingerprint density at radius 3 is 2.80 bits per heavy atom. The number of aryl methyl sites for hydroxylation is 1. The molecule has 3 heterocycles. The predicted octanol–water partition coefficient (Wildman–Crippen LogP) is 1.14. The van der Waals surface area contributed by atoms with E-state index in [4.69, 9.17) is 5.26 Å². The summed E-state index contributed by atoms with van der Waals surface area (Å²) in [6.07, 6.45) is 6.46. The largest absolute Gasteiger partial charge is 0.353 e. The van der Waals surface area contributed by atoms with E-state index in [0.717, 1.165) is 30.9 Å². The Labute approximate surface area is 146 Å². The molecule has 1 saturated carbocycles. The molecule has 0 unspecified atom stereocenters. The molecule has 1 aliphatic heterocycles. The van der Waals surface area contributed by atoms with Crippen molar-refractivity contribution in [3.05, 3.63) is 41.9 Å². The minimum Gasteiger partial charge on any atom is -0.353 e. The highest BCUT2D eigenvalue weighted by Crippen LogP contribution is 2.48. The Morgan fingerprint density at radius 1 is 1.32 bits per heavy atom. The lowest BCUT2D eigenvalue weighted by molar-refractivity contribution is -0.133. The third-order valence-corrected chi connectivity index (χ3v) is 5.05. The van der Waals surface area contributed by atoms with E-state index in [2.05, 4.69) is 21.1 Å². The average molecular weight is 336 g/mol. The maximum atomic E-state index is 12.7. The van der Waals surface area contributed by atoms with Crippen LogP contribution in [0.3, 0.4) is 0 Å². The fourth-order valence-corrected chi connectivity index (χ4v) is 3.52. The smallest absolute Gasteiger partial charge is 0.226 e. The lowest BCUT2D eigenvalue weighted by atomic mass is 10.1. The van der Waals surface area contributed by atoms with Crippen molar-refractivity contribution < 1.29 is 4.79 Å². The van der Waals surface area contributed by atoms with Crippen molar-refractivity contribution >= 4 is 11.7 Å². The van der Waals surface area contributed by atoms with Gasteiger partial charge in [0.05, 0.1) is 17.8 Å². The lowest BCUT2D eigenvalue weighted by Gasteiger charge is -2.35. The van der Waals surface area contributed by atoms with Gasteiger partial charge >= 0.3 is 0 Å². The van der Waals surface area contributed by atoms with Gasteiger partial charge in [0, 0.05) is 51.5 Å². The van der Waals surface area contributed by atoms with Crippen LogP contribution in [-0.2, 0) is 11.8 Å². The minimum atomic E-state index is 0.107. The predicted molar refractivity (Wildman–Crippen MR) is 91.8 cm³/mol. The first-order chi connectivity index (χ1) is 12.2. The first kappa shape index (κ1) is 15.6. The molecule has 0 spiro atoms. The van der Waals surface area contributed by atoms with Crippen molar-refractivity contribution in [3.8, 4) is 6.07 Å². The summed E-state index contributed by atoms with van der Waals surface area (Å²) in [5.74, 6) is 1.50. The van der Waals surface area contributed by atoms with Gasteiger partial charge in [-0.05, 0) is 30.0 Å². The number of carbonyl (C=O) groups excluding carboxylic acids is 1. The van der Waals surface area contributed by atoms with Crippen molar-refractivity contribution in [1.29, 1.82) is 5.26 Å². The van der Waals surface area contributed by atoms with Crippen LogP contribution in [0.15, 0.2) is 30.7 Å². The molecule has 7 nitrogen and oxygen atoms in total. The van der Waals surface area contributed by atoms with Crippen LogP contribution in [0, 0.1) is 17.2 Å². The average Bonchev–Trinajstić information content (AvgIpc) is 3.35. The number of nitrogens with zero attached hydrogens (tertiary/aromatic N) is 6. The molecule has 128 valence electrons. The van der Waals surface area contributed by atoms with Crippen molar-refractivity contribution in [1.82, 2.24) is 19.7 Å². The van der Waals surface area contributed by atoms with Gasteiger partial charge in [0.25, 0.3) is 0 Å². The van der Waals surface area contributed by atoms with E-state index in [1.54, 1.807) is 23.0 Å². The molecule has 2 atom stereocenters. The quantitative estimate of drug-likeness (QED) is 0.840. The van der Waals surface area contributed by atoms with E-state index in [-0.39, 0.29) is 11.8 Å². The summed E-state index contributed by atoms with van der Waals surface area (Å²) < 4.78 is 1.79. The van der Waals surface area contributed by atoms with Gasteiger partial charge in [-0.1, -0.05) is 0 Å². The minimum absolute atomic E-state index is 0.107. The first-order valence-electron chi connectivity index (χ1n) is 8.54. The molecule has 4 rings (SSSR count). The van der Waals surface area contributed by atoms with Gasteiger partial charge in [0.15, 0.2) is 0 Å². The zero-order valence-electron chi connectivity index (χ0n) is 14.2. The van der Waals surface area contributed by atoms with Crippen LogP contribution in [0.2, 0.25) is 0 Å². The number of pyridine rings is 1. The fraction of sp³-hybridized carbons (Fsp3) is 0.444. The summed E-state index contributed by atoms with van der Waals surface area (Å²) in [7, 11) is 1.90. The Bertz CT molecular complexity index is 830. The van der Waals surface area contributed by atoms with E-state index < -0.39 is 0 Å². The number of rotatable bonds is 3. The van der Waals surface area contributed by atoms with Crippen LogP contribution in [0.4, 0.5) is 5.82 Å². The second-order valence-electron chi connectivity index (χ2n) is 6.72. The van der Waals surface area contributed by atoms with Crippen molar-refractivity contribution in [2.45, 2.75) is 12.3 Å². The van der Waals surface area contributed by atoms with Crippen LogP contribution in [-0.4, -0.2) is 51.8 Å². The third kappa shape index (κ3) is 3.07. The molecule has 2 aliphatic rings. The van der Waals surface area contributed by atoms with Gasteiger partial charge in [-0.25, -0.2) is 4.98 Å². The van der Waals surface area contributed by atoms with E-state index in [9.17, 15) is 4.79 Å². The summed E-state index contributed by atoms with van der Waals surface area (Å²) in [4.78, 5) is 21.2. The van der Waals surface area contributed by atoms with Gasteiger partial charge in [-0.15, -0.1) is 0 Å². The molecule has 2 aromatic rings. The van der Waals surface area contributed by atoms with Crippen molar-refractivity contribution in [2.24, 2.45) is 13.0 Å². The maximum absolute atomic E-state index is 12.7. The lowest BCUT2D eigenvalue weighted by Crippen LogP contribution is -2.49. The number of amides is 1. The maximum Gasteiger partial charge on any atom is 0.226 e. The van der Waals surface area contributed by atoms with Gasteiger partial charge < -0.3 is 9.80 Å². The molecule has 7 heteroatoms. The molecule has 2 aromatic heterocycles. The van der Waals surface area contributed by atoms with Crippen LogP contribution in [0.25, 0.3) is 0 Å². The zero-order valence-corrected chi connectivity index (χ0v) is 14.2. The Morgan fingerprint density at radius 2 is 2.12 bits per heavy atom. The zero-order chi connectivity index (χ0) is 17.4. The number of nitriles is 1. The SMILES string of the molecule is Cn1cc([C@H]2C[C@H]2C(=O)N2CCN(c3cc(C#N)ccn3)CC2)cn1. The third-order valence-electron chi connectivity index (χ3n) is 5.05. The van der Waals surface area contributed by atoms with E-state index in [0.29, 0.717) is 24.6 Å². The van der Waals surface area contributed by atoms with E-state index in [1.165, 1.54) is 0 Å². The summed E-state index contributed by atoms with van der Waals surface area (Å²) >= 11 is 0. The Kier molecular flexibility index (Phi) is 3.88. The molecule has 0 bridgehead atoms. The van der Waals surface area contributed by atoms with Crippen LogP contribution >= 0.6 is 0 Å². The standard InChI is InChI=1S/C18H20N6O/c1-22-12-14(11-21-22)15-9-16(15)18(25)24-6-4-23(5-7-24)17-8-13(10-19)2-3-20-17/h2-3,8,11-12,15-16H,4-7,9H2,1H3/t15-,16-/m1/s1. The molecule has 2 fully saturated rings. The Hall–Kier alpha value is -2.88. The molecule has 1 amide bonds. The second-order valence-corrected chi connectivity index (χ2v) is 6.72. The summed E-state index contributed by atoms with van der Waals surface area (Å²) in [5, 5.41) is 13.2. The first-order valence-corrected chi connectivity index (χ1v) is 8.54. The fourth-order valence-electron chi connectivity index (χ4n) is 3.52. The summed E-state index contributed by atoms with van der Waals surface area (Å²) in [6.45, 7) is 2.90. The highest BCUT2D eigenvalue weighted by molar-refractivity contribution is 5.83. The second kappa shape index (κ2) is 6.20. The van der Waals surface area contributed by atoms with Crippen LogP contribution in [0.5, 0.6) is 0 Å². The van der Waals surface area contributed by atoms with E-state index in [1.807, 2.05) is 24.3 Å². The van der Waals surface area contributed by atoms with Gasteiger partial charge in [0.2, 0.25) is 5.91 Å². The number of anilines is 1. The number of carbonyl (C=O) groups is 1. The molecule has 25 heavy (non-hydrogen) atoms. The molecule has 1 aliphatic carbocycles. The van der Waals surface area contributed by atoms with Crippen molar-refractivity contribution in [2.75, 3.05) is 31.1 Å². The molecule has 0 N–H and O–H groups in total. The Balaban J connectivity index is 1.34. The number of hydrogen-bond donors (Lipinski definition) is 0. The molecular weight excluding hydrogens is 316 g/mol. The molecule has 0 radical (unpaired) electrons. The molecule has 1 saturated heterocycles. The van der Waals surface area contributed by atoms with Gasteiger partial charge in [-0.2, -0.15) is 10.4 Å². The number of aromatic nitrogens is 3. The topological polar surface area (TPSA) is 78.0 Å². The molecular formula is C18H20N6O. The monoisotopic (exact) mass is 336 g/mol. The highest BCUT2D eigenvalue weighted by Gasteiger charge is 2.46. The normalized spacial score (nSPS) is 22.6. The number of hydrogen-bond acceptors (Lipinski definition) is 5.